The van der Waals surface area contributed by atoms with Crippen molar-refractivity contribution in [3.63, 3.8) is 0 Å². The van der Waals surface area contributed by atoms with E-state index in [-0.39, 0.29) is 5.82 Å². The average Bonchev–Trinajstić information content (AvgIpc) is 2.73. The number of ether oxygens (including phenoxy) is 3. The van der Waals surface area contributed by atoms with Crippen LogP contribution in [0, 0.1) is 5.82 Å². The molecule has 0 heterocycles. The summed E-state index contributed by atoms with van der Waals surface area (Å²) in [5.74, 6) is 1.72. The van der Waals surface area contributed by atoms with Crippen molar-refractivity contribution in [1.29, 1.82) is 0 Å². The smallest absolute Gasteiger partial charge is 0.175 e. The van der Waals surface area contributed by atoms with Crippen LogP contribution in [0.3, 0.4) is 0 Å². The lowest BCUT2D eigenvalue weighted by atomic mass is 10.2. The van der Waals surface area contributed by atoms with E-state index in [1.54, 1.807) is 25.5 Å². The van der Waals surface area contributed by atoms with Gasteiger partial charge in [-0.3, -0.25) is 4.99 Å². The first-order valence-electron chi connectivity index (χ1n) is 9.10. The van der Waals surface area contributed by atoms with E-state index in [1.807, 2.05) is 43.3 Å². The minimum atomic E-state index is -0.273. The van der Waals surface area contributed by atoms with Crippen molar-refractivity contribution in [3.05, 3.63) is 82.1 Å². The van der Waals surface area contributed by atoms with Gasteiger partial charge in [-0.1, -0.05) is 12.1 Å². The maximum absolute atomic E-state index is 13.1. The van der Waals surface area contributed by atoms with Gasteiger partial charge in [-0.25, -0.2) is 4.39 Å². The van der Waals surface area contributed by atoms with Crippen molar-refractivity contribution in [3.8, 4) is 17.2 Å². The van der Waals surface area contributed by atoms with Crippen LogP contribution in [0.2, 0.25) is 0 Å². The van der Waals surface area contributed by atoms with E-state index in [1.165, 1.54) is 12.1 Å². The second kappa shape index (κ2) is 10.1. The molecular formula is C23H21BrFNO3. The third kappa shape index (κ3) is 5.81. The Morgan fingerprint density at radius 3 is 2.38 bits per heavy atom. The molecule has 4 nitrogen and oxygen atoms in total. The molecule has 150 valence electrons. The second-order valence-electron chi connectivity index (χ2n) is 6.13. The lowest BCUT2D eigenvalue weighted by molar-refractivity contribution is 0.267. The number of halogens is 2. The van der Waals surface area contributed by atoms with Gasteiger partial charge in [0, 0.05) is 6.21 Å². The molecule has 0 N–H and O–H groups in total. The lowest BCUT2D eigenvalue weighted by Crippen LogP contribution is -2.01. The van der Waals surface area contributed by atoms with E-state index in [0.29, 0.717) is 24.7 Å². The Hall–Kier alpha value is -2.86. The molecular weight excluding hydrogens is 437 g/mol. The van der Waals surface area contributed by atoms with E-state index >= 15 is 0 Å². The SMILES string of the molecule is CCOc1cc(C=Nc2ccc(OC)cc2)cc(Br)c1OCc1ccc(F)cc1. The van der Waals surface area contributed by atoms with Crippen LogP contribution in [-0.2, 0) is 6.61 Å². The van der Waals surface area contributed by atoms with Crippen molar-refractivity contribution in [2.75, 3.05) is 13.7 Å². The molecule has 0 aliphatic heterocycles. The van der Waals surface area contributed by atoms with E-state index in [0.717, 1.165) is 27.0 Å². The molecule has 6 heteroatoms. The highest BCUT2D eigenvalue weighted by atomic mass is 79.9. The molecule has 0 spiro atoms. The largest absolute Gasteiger partial charge is 0.497 e. The molecule has 0 amide bonds. The molecule has 3 aromatic rings. The van der Waals surface area contributed by atoms with Gasteiger partial charge < -0.3 is 14.2 Å². The quantitative estimate of drug-likeness (QED) is 0.371. The summed E-state index contributed by atoms with van der Waals surface area (Å²) in [6.07, 6.45) is 1.76. The fraction of sp³-hybridized carbons (Fsp3) is 0.174. The maximum Gasteiger partial charge on any atom is 0.175 e. The summed E-state index contributed by atoms with van der Waals surface area (Å²) in [6.45, 7) is 2.71. The number of hydrogen-bond acceptors (Lipinski definition) is 4. The zero-order chi connectivity index (χ0) is 20.6. The van der Waals surface area contributed by atoms with Crippen molar-refractivity contribution in [1.82, 2.24) is 0 Å². The van der Waals surface area contributed by atoms with Crippen LogP contribution in [0.5, 0.6) is 17.2 Å². The Bertz CT molecular complexity index is 973. The normalized spacial score (nSPS) is 10.9. The summed E-state index contributed by atoms with van der Waals surface area (Å²) in [5.41, 5.74) is 2.55. The number of hydrogen-bond donors (Lipinski definition) is 0. The first-order chi connectivity index (χ1) is 14.1. The standard InChI is InChI=1S/C23H21BrFNO3/c1-3-28-22-13-17(14-26-19-8-10-20(27-2)11-9-19)12-21(24)23(22)29-15-16-4-6-18(25)7-5-16/h4-14H,3,15H2,1-2H3. The second-order valence-corrected chi connectivity index (χ2v) is 6.99. The fourth-order valence-electron chi connectivity index (χ4n) is 2.62. The van der Waals surface area contributed by atoms with Gasteiger partial charge in [-0.05, 0) is 82.5 Å². The molecule has 0 saturated carbocycles. The highest BCUT2D eigenvalue weighted by molar-refractivity contribution is 9.10. The van der Waals surface area contributed by atoms with Crippen molar-refractivity contribution >= 4 is 27.8 Å². The number of benzene rings is 3. The highest BCUT2D eigenvalue weighted by Gasteiger charge is 2.12. The van der Waals surface area contributed by atoms with Crippen LogP contribution in [0.1, 0.15) is 18.1 Å². The van der Waals surface area contributed by atoms with Crippen molar-refractivity contribution < 1.29 is 18.6 Å². The Balaban J connectivity index is 1.79. The predicted molar refractivity (Wildman–Crippen MR) is 116 cm³/mol. The molecule has 3 aromatic carbocycles. The third-order valence-corrected chi connectivity index (χ3v) is 4.65. The van der Waals surface area contributed by atoms with Gasteiger partial charge in [0.05, 0.1) is 23.9 Å². The number of nitrogens with zero attached hydrogens (tertiary/aromatic N) is 1. The molecule has 0 atom stereocenters. The zero-order valence-corrected chi connectivity index (χ0v) is 17.8. The number of methoxy groups -OCH3 is 1. The molecule has 0 bridgehead atoms. The molecule has 0 fully saturated rings. The Labute approximate surface area is 178 Å². The van der Waals surface area contributed by atoms with E-state index in [4.69, 9.17) is 14.2 Å². The van der Waals surface area contributed by atoms with Gasteiger partial charge in [0.15, 0.2) is 11.5 Å². The van der Waals surface area contributed by atoms with Crippen LogP contribution in [0.25, 0.3) is 0 Å². The monoisotopic (exact) mass is 457 g/mol. The topological polar surface area (TPSA) is 40.0 Å². The molecule has 0 saturated heterocycles. The Morgan fingerprint density at radius 2 is 1.72 bits per heavy atom. The van der Waals surface area contributed by atoms with Gasteiger partial charge in [0.1, 0.15) is 18.2 Å². The van der Waals surface area contributed by atoms with Crippen molar-refractivity contribution in [2.45, 2.75) is 13.5 Å². The summed E-state index contributed by atoms with van der Waals surface area (Å²) in [4.78, 5) is 4.49. The molecule has 0 aliphatic rings. The van der Waals surface area contributed by atoms with Crippen LogP contribution in [0.4, 0.5) is 10.1 Å². The van der Waals surface area contributed by atoms with Crippen LogP contribution < -0.4 is 14.2 Å². The summed E-state index contributed by atoms with van der Waals surface area (Å²) in [7, 11) is 1.63. The van der Waals surface area contributed by atoms with Crippen LogP contribution >= 0.6 is 15.9 Å². The van der Waals surface area contributed by atoms with Crippen molar-refractivity contribution in [2.24, 2.45) is 4.99 Å². The first-order valence-corrected chi connectivity index (χ1v) is 9.90. The van der Waals surface area contributed by atoms with Gasteiger partial charge >= 0.3 is 0 Å². The van der Waals surface area contributed by atoms with Gasteiger partial charge in [-0.2, -0.15) is 0 Å². The summed E-state index contributed by atoms with van der Waals surface area (Å²) >= 11 is 3.56. The van der Waals surface area contributed by atoms with Crippen LogP contribution in [0.15, 0.2) is 70.1 Å². The highest BCUT2D eigenvalue weighted by Crippen LogP contribution is 2.37. The number of aliphatic imine (C=N–C) groups is 1. The van der Waals surface area contributed by atoms with Crippen LogP contribution in [-0.4, -0.2) is 19.9 Å². The maximum atomic E-state index is 13.1. The lowest BCUT2D eigenvalue weighted by Gasteiger charge is -2.14. The summed E-state index contributed by atoms with van der Waals surface area (Å²) in [6, 6.07) is 17.5. The molecule has 29 heavy (non-hydrogen) atoms. The molecule has 0 unspecified atom stereocenters. The average molecular weight is 458 g/mol. The molecule has 0 aliphatic carbocycles. The first kappa shape index (κ1) is 20.9. The minimum absolute atomic E-state index is 0.273. The Kier molecular flexibility index (Phi) is 7.25. The Morgan fingerprint density at radius 1 is 1.00 bits per heavy atom. The third-order valence-electron chi connectivity index (χ3n) is 4.06. The number of rotatable bonds is 8. The zero-order valence-electron chi connectivity index (χ0n) is 16.2. The predicted octanol–water partition coefficient (Wildman–Crippen LogP) is 6.33. The summed E-state index contributed by atoms with van der Waals surface area (Å²) in [5, 5.41) is 0. The molecule has 0 aromatic heterocycles. The molecule has 0 radical (unpaired) electrons. The van der Waals surface area contributed by atoms with E-state index in [2.05, 4.69) is 20.9 Å². The van der Waals surface area contributed by atoms with Gasteiger partial charge in [-0.15, -0.1) is 0 Å². The van der Waals surface area contributed by atoms with E-state index in [9.17, 15) is 4.39 Å². The van der Waals surface area contributed by atoms with Gasteiger partial charge in [0.25, 0.3) is 0 Å². The van der Waals surface area contributed by atoms with E-state index < -0.39 is 0 Å². The summed E-state index contributed by atoms with van der Waals surface area (Å²) < 4.78 is 30.7. The minimum Gasteiger partial charge on any atom is -0.497 e. The fourth-order valence-corrected chi connectivity index (χ4v) is 3.19. The van der Waals surface area contributed by atoms with Gasteiger partial charge in [0.2, 0.25) is 0 Å². The molecule has 3 rings (SSSR count).